The summed E-state index contributed by atoms with van der Waals surface area (Å²) in [6.07, 6.45) is 5.74. The summed E-state index contributed by atoms with van der Waals surface area (Å²) in [6.45, 7) is 0. The van der Waals surface area contributed by atoms with Gasteiger partial charge in [-0.1, -0.05) is 25.7 Å². The molecule has 1 aromatic rings. The lowest BCUT2D eigenvalue weighted by Gasteiger charge is -2.11. The number of amides is 1. The molecule has 5 nitrogen and oxygen atoms in total. The number of carbonyl (C=O) groups is 1. The molecule has 1 fully saturated rings. The van der Waals surface area contributed by atoms with Gasteiger partial charge in [0.2, 0.25) is 15.9 Å². The van der Waals surface area contributed by atoms with Crippen LogP contribution in [0.3, 0.4) is 0 Å². The summed E-state index contributed by atoms with van der Waals surface area (Å²) in [5.74, 6) is -0.396. The number of hydrogen-bond donors (Lipinski definition) is 2. The molecule has 2 rings (SSSR count). The largest absolute Gasteiger partial charge is 0.325 e. The minimum Gasteiger partial charge on any atom is -0.325 e. The molecule has 0 unspecified atom stereocenters. The van der Waals surface area contributed by atoms with Crippen LogP contribution >= 0.6 is 0 Å². The highest BCUT2D eigenvalue weighted by molar-refractivity contribution is 7.89. The Bertz CT molecular complexity index is 625. The van der Waals surface area contributed by atoms with Crippen LogP contribution in [0.2, 0.25) is 0 Å². The van der Waals surface area contributed by atoms with Crippen LogP contribution < -0.4 is 10.5 Å². The minimum atomic E-state index is -4.01. The van der Waals surface area contributed by atoms with Gasteiger partial charge in [0.25, 0.3) is 0 Å². The fourth-order valence-electron chi connectivity index (χ4n) is 2.69. The van der Waals surface area contributed by atoms with Crippen LogP contribution in [-0.4, -0.2) is 14.3 Å². The van der Waals surface area contributed by atoms with E-state index in [-0.39, 0.29) is 16.5 Å². The minimum absolute atomic E-state index is 0.103. The number of anilines is 1. The van der Waals surface area contributed by atoms with Crippen LogP contribution in [0.4, 0.5) is 10.1 Å². The van der Waals surface area contributed by atoms with Crippen LogP contribution in [0.1, 0.15) is 38.5 Å². The Balaban J connectivity index is 2.04. The Hall–Kier alpha value is -1.47. The lowest BCUT2D eigenvalue weighted by Crippen LogP contribution is -2.19. The summed E-state index contributed by atoms with van der Waals surface area (Å²) in [6, 6.07) is 3.01. The van der Waals surface area contributed by atoms with Gasteiger partial charge in [-0.25, -0.2) is 17.9 Å². The fraction of sp³-hybridized carbons (Fsp3) is 0.500. The van der Waals surface area contributed by atoms with E-state index < -0.39 is 15.8 Å². The van der Waals surface area contributed by atoms with Gasteiger partial charge in [0.05, 0.1) is 5.69 Å². The zero-order chi connectivity index (χ0) is 15.5. The van der Waals surface area contributed by atoms with Crippen molar-refractivity contribution in [1.29, 1.82) is 0 Å². The van der Waals surface area contributed by atoms with Crippen LogP contribution in [0.5, 0.6) is 0 Å². The third-order valence-electron chi connectivity index (χ3n) is 3.78. The second-order valence-electron chi connectivity index (χ2n) is 5.42. The normalized spacial score (nSPS) is 16.1. The van der Waals surface area contributed by atoms with Crippen LogP contribution in [0.25, 0.3) is 0 Å². The van der Waals surface area contributed by atoms with E-state index in [2.05, 4.69) is 5.32 Å². The number of primary sulfonamides is 1. The molecule has 0 aliphatic heterocycles. The second kappa shape index (κ2) is 6.53. The summed E-state index contributed by atoms with van der Waals surface area (Å²) in [5, 5.41) is 7.50. The van der Waals surface area contributed by atoms with Gasteiger partial charge in [-0.2, -0.15) is 0 Å². The average Bonchev–Trinajstić information content (AvgIpc) is 2.88. The number of hydrogen-bond acceptors (Lipinski definition) is 3. The van der Waals surface area contributed by atoms with Gasteiger partial charge in [0, 0.05) is 6.42 Å². The topological polar surface area (TPSA) is 89.3 Å². The molecule has 3 N–H and O–H groups in total. The number of nitrogens with two attached hydrogens (primary N) is 1. The molecule has 1 aromatic carbocycles. The SMILES string of the molecule is NS(=O)(=O)c1ccc(F)cc1NC(=O)CCC1CCCC1. The molecule has 0 bridgehead atoms. The summed E-state index contributed by atoms with van der Waals surface area (Å²) in [7, 11) is -4.01. The lowest BCUT2D eigenvalue weighted by molar-refractivity contribution is -0.116. The molecule has 116 valence electrons. The average molecular weight is 314 g/mol. The van der Waals surface area contributed by atoms with Crippen molar-refractivity contribution in [2.24, 2.45) is 11.1 Å². The van der Waals surface area contributed by atoms with Gasteiger partial charge in [-0.05, 0) is 30.5 Å². The first-order valence-electron chi connectivity index (χ1n) is 6.98. The van der Waals surface area contributed by atoms with Crippen molar-refractivity contribution in [3.63, 3.8) is 0 Å². The Morgan fingerprint density at radius 2 is 2.00 bits per heavy atom. The molecule has 1 aliphatic carbocycles. The van der Waals surface area contributed by atoms with Gasteiger partial charge in [-0.15, -0.1) is 0 Å². The highest BCUT2D eigenvalue weighted by Gasteiger charge is 2.19. The number of halogens is 1. The zero-order valence-corrected chi connectivity index (χ0v) is 12.5. The van der Waals surface area contributed by atoms with Crippen LogP contribution in [-0.2, 0) is 14.8 Å². The van der Waals surface area contributed by atoms with Gasteiger partial charge in [0.1, 0.15) is 10.7 Å². The molecule has 0 radical (unpaired) electrons. The number of sulfonamides is 1. The van der Waals surface area contributed by atoms with E-state index in [1.54, 1.807) is 0 Å². The molecule has 0 spiro atoms. The third-order valence-corrected chi connectivity index (χ3v) is 4.75. The molecule has 0 saturated heterocycles. The van der Waals surface area contributed by atoms with Gasteiger partial charge >= 0.3 is 0 Å². The van der Waals surface area contributed by atoms with Gasteiger partial charge in [-0.3, -0.25) is 4.79 Å². The summed E-state index contributed by atoms with van der Waals surface area (Å²) >= 11 is 0. The van der Waals surface area contributed by atoms with E-state index in [1.165, 1.54) is 12.8 Å². The van der Waals surface area contributed by atoms with Crippen molar-refractivity contribution >= 4 is 21.6 Å². The van der Waals surface area contributed by atoms with E-state index in [1.807, 2.05) is 0 Å². The number of benzene rings is 1. The summed E-state index contributed by atoms with van der Waals surface area (Å²) < 4.78 is 36.1. The quantitative estimate of drug-likeness (QED) is 0.874. The molecular weight excluding hydrogens is 295 g/mol. The molecule has 0 atom stereocenters. The Kier molecular flexibility index (Phi) is 4.95. The zero-order valence-electron chi connectivity index (χ0n) is 11.6. The Morgan fingerprint density at radius 1 is 1.33 bits per heavy atom. The third kappa shape index (κ3) is 4.50. The van der Waals surface area contributed by atoms with Crippen molar-refractivity contribution in [1.82, 2.24) is 0 Å². The van der Waals surface area contributed by atoms with Crippen molar-refractivity contribution in [3.05, 3.63) is 24.0 Å². The van der Waals surface area contributed by atoms with E-state index >= 15 is 0 Å². The summed E-state index contributed by atoms with van der Waals surface area (Å²) in [4.78, 5) is 11.6. The van der Waals surface area contributed by atoms with Crippen molar-refractivity contribution < 1.29 is 17.6 Å². The predicted octanol–water partition coefficient (Wildman–Crippen LogP) is 2.38. The highest BCUT2D eigenvalue weighted by atomic mass is 32.2. The predicted molar refractivity (Wildman–Crippen MR) is 77.6 cm³/mol. The fourth-order valence-corrected chi connectivity index (χ4v) is 3.37. The maximum Gasteiger partial charge on any atom is 0.240 e. The molecule has 0 heterocycles. The first-order valence-corrected chi connectivity index (χ1v) is 8.53. The number of nitrogens with one attached hydrogen (secondary N) is 1. The van der Waals surface area contributed by atoms with Crippen molar-refractivity contribution in [2.45, 2.75) is 43.4 Å². The summed E-state index contributed by atoms with van der Waals surface area (Å²) in [5.41, 5.74) is -0.103. The van der Waals surface area contributed by atoms with Gasteiger partial charge in [0.15, 0.2) is 0 Å². The maximum atomic E-state index is 13.2. The monoisotopic (exact) mass is 314 g/mol. The number of rotatable bonds is 5. The van der Waals surface area contributed by atoms with E-state index in [4.69, 9.17) is 5.14 Å². The van der Waals surface area contributed by atoms with Gasteiger partial charge < -0.3 is 5.32 Å². The highest BCUT2D eigenvalue weighted by Crippen LogP contribution is 2.29. The second-order valence-corrected chi connectivity index (χ2v) is 6.95. The van der Waals surface area contributed by atoms with Crippen molar-refractivity contribution in [3.8, 4) is 0 Å². The molecule has 1 saturated carbocycles. The standard InChI is InChI=1S/C14H19FN2O3S/c15-11-6-7-13(21(16,19)20)12(9-11)17-14(18)8-5-10-3-1-2-4-10/h6-7,9-10H,1-5,8H2,(H,17,18)(H2,16,19,20). The first kappa shape index (κ1) is 15.9. The molecule has 21 heavy (non-hydrogen) atoms. The van der Waals surface area contributed by atoms with E-state index in [9.17, 15) is 17.6 Å². The Morgan fingerprint density at radius 3 is 2.62 bits per heavy atom. The van der Waals surface area contributed by atoms with E-state index in [0.29, 0.717) is 12.3 Å². The van der Waals surface area contributed by atoms with Crippen molar-refractivity contribution in [2.75, 3.05) is 5.32 Å². The molecule has 1 aliphatic rings. The van der Waals surface area contributed by atoms with E-state index in [0.717, 1.165) is 37.5 Å². The molecule has 0 aromatic heterocycles. The van der Waals surface area contributed by atoms with Crippen LogP contribution in [0, 0.1) is 11.7 Å². The lowest BCUT2D eigenvalue weighted by atomic mass is 10.0. The first-order chi connectivity index (χ1) is 9.86. The Labute approximate surface area is 123 Å². The molecular formula is C14H19FN2O3S. The molecule has 1 amide bonds. The molecule has 7 heteroatoms. The van der Waals surface area contributed by atoms with Crippen LogP contribution in [0.15, 0.2) is 23.1 Å². The maximum absolute atomic E-state index is 13.2. The smallest absolute Gasteiger partial charge is 0.240 e. The number of carbonyl (C=O) groups excluding carboxylic acids is 1.